The van der Waals surface area contributed by atoms with Crippen molar-refractivity contribution in [3.05, 3.63) is 76.4 Å². The minimum atomic E-state index is -0.960. The molecule has 1 N–H and O–H groups in total. The fourth-order valence-electron chi connectivity index (χ4n) is 2.49. The van der Waals surface area contributed by atoms with E-state index in [4.69, 9.17) is 5.11 Å². The molecule has 0 saturated heterocycles. The second-order valence-corrected chi connectivity index (χ2v) is 6.82. The van der Waals surface area contributed by atoms with Crippen LogP contribution in [0.15, 0.2) is 48.5 Å². The molecule has 0 bridgehead atoms. The van der Waals surface area contributed by atoms with Gasteiger partial charge in [0.2, 0.25) is 0 Å². The van der Waals surface area contributed by atoms with Gasteiger partial charge in [0.25, 0.3) is 0 Å². The maximum atomic E-state index is 12.6. The molecule has 0 aliphatic carbocycles. The topological polar surface area (TPSA) is 54.4 Å². The van der Waals surface area contributed by atoms with E-state index in [1.165, 1.54) is 12.1 Å². The van der Waals surface area contributed by atoms with Crippen LogP contribution in [0.25, 0.3) is 6.08 Å². The maximum Gasteiger partial charge on any atom is 0.335 e. The molecule has 2 aromatic rings. The SMILES string of the molecule is CC(C)c1cc(C(=O)/C=C/c2ccc(C(=O)O)cc2)cc(C(C)C)c1. The highest BCUT2D eigenvalue weighted by Gasteiger charge is 2.10. The Kier molecular flexibility index (Phi) is 5.92. The molecule has 25 heavy (non-hydrogen) atoms. The summed E-state index contributed by atoms with van der Waals surface area (Å²) in [4.78, 5) is 23.4. The Morgan fingerprint density at radius 3 is 1.80 bits per heavy atom. The molecule has 0 unspecified atom stereocenters. The lowest BCUT2D eigenvalue weighted by atomic mass is 9.92. The van der Waals surface area contributed by atoms with Crippen LogP contribution in [-0.2, 0) is 0 Å². The number of ketones is 1. The summed E-state index contributed by atoms with van der Waals surface area (Å²) in [7, 11) is 0. The minimum Gasteiger partial charge on any atom is -0.478 e. The third-order valence-electron chi connectivity index (χ3n) is 4.18. The van der Waals surface area contributed by atoms with Gasteiger partial charge in [0.1, 0.15) is 0 Å². The average Bonchev–Trinajstić information content (AvgIpc) is 2.59. The van der Waals surface area contributed by atoms with Crippen molar-refractivity contribution < 1.29 is 14.7 Å². The van der Waals surface area contributed by atoms with Crippen LogP contribution in [0.3, 0.4) is 0 Å². The van der Waals surface area contributed by atoms with Gasteiger partial charge in [-0.1, -0.05) is 52.0 Å². The molecule has 2 aromatic carbocycles. The van der Waals surface area contributed by atoms with Crippen LogP contribution in [0.2, 0.25) is 0 Å². The van der Waals surface area contributed by atoms with Crippen molar-refractivity contribution in [3.8, 4) is 0 Å². The number of benzene rings is 2. The average molecular weight is 336 g/mol. The molecule has 0 heterocycles. The van der Waals surface area contributed by atoms with E-state index in [9.17, 15) is 9.59 Å². The highest BCUT2D eigenvalue weighted by atomic mass is 16.4. The Hall–Kier alpha value is -2.68. The number of aromatic carboxylic acids is 1. The number of hydrogen-bond donors (Lipinski definition) is 1. The lowest BCUT2D eigenvalue weighted by Crippen LogP contribution is -2.01. The monoisotopic (exact) mass is 336 g/mol. The number of carboxylic acids is 1. The van der Waals surface area contributed by atoms with E-state index in [1.807, 2.05) is 12.1 Å². The Labute approximate surface area is 149 Å². The van der Waals surface area contributed by atoms with Crippen LogP contribution < -0.4 is 0 Å². The molecule has 0 saturated carbocycles. The maximum absolute atomic E-state index is 12.6. The van der Waals surface area contributed by atoms with Crippen molar-refractivity contribution in [1.29, 1.82) is 0 Å². The van der Waals surface area contributed by atoms with Crippen LogP contribution in [0.4, 0.5) is 0 Å². The van der Waals surface area contributed by atoms with Crippen LogP contribution in [0, 0.1) is 0 Å². The van der Waals surface area contributed by atoms with E-state index in [2.05, 4.69) is 33.8 Å². The largest absolute Gasteiger partial charge is 0.478 e. The first-order valence-corrected chi connectivity index (χ1v) is 8.48. The predicted molar refractivity (Wildman–Crippen MR) is 101 cm³/mol. The quantitative estimate of drug-likeness (QED) is 0.557. The lowest BCUT2D eigenvalue weighted by Gasteiger charge is -2.13. The summed E-state index contributed by atoms with van der Waals surface area (Å²) in [5.74, 6) is -0.291. The first-order chi connectivity index (χ1) is 11.8. The smallest absolute Gasteiger partial charge is 0.335 e. The van der Waals surface area contributed by atoms with Gasteiger partial charge in [0, 0.05) is 5.56 Å². The molecule has 3 nitrogen and oxygen atoms in total. The molecule has 0 spiro atoms. The van der Waals surface area contributed by atoms with Crippen molar-refractivity contribution in [2.75, 3.05) is 0 Å². The van der Waals surface area contributed by atoms with Crippen LogP contribution in [-0.4, -0.2) is 16.9 Å². The Morgan fingerprint density at radius 2 is 1.36 bits per heavy atom. The second-order valence-electron chi connectivity index (χ2n) is 6.82. The highest BCUT2D eigenvalue weighted by Crippen LogP contribution is 2.24. The van der Waals surface area contributed by atoms with Crippen molar-refractivity contribution >= 4 is 17.8 Å². The first-order valence-electron chi connectivity index (χ1n) is 8.48. The van der Waals surface area contributed by atoms with Crippen molar-refractivity contribution in [2.45, 2.75) is 39.5 Å². The number of carboxylic acid groups (broad SMARTS) is 1. The summed E-state index contributed by atoms with van der Waals surface area (Å²) >= 11 is 0. The van der Waals surface area contributed by atoms with Gasteiger partial charge in [0.05, 0.1) is 5.56 Å². The summed E-state index contributed by atoms with van der Waals surface area (Å²) in [5, 5.41) is 8.91. The Balaban J connectivity index is 2.26. The van der Waals surface area contributed by atoms with Gasteiger partial charge in [-0.05, 0) is 58.9 Å². The summed E-state index contributed by atoms with van der Waals surface area (Å²) in [6, 6.07) is 12.5. The molecule has 2 rings (SSSR count). The molecule has 0 aliphatic heterocycles. The van der Waals surface area contributed by atoms with Gasteiger partial charge in [-0.2, -0.15) is 0 Å². The third-order valence-corrected chi connectivity index (χ3v) is 4.18. The fraction of sp³-hybridized carbons (Fsp3) is 0.273. The molecule has 0 radical (unpaired) electrons. The summed E-state index contributed by atoms with van der Waals surface area (Å²) in [6.07, 6.45) is 3.25. The Bertz CT molecular complexity index is 770. The minimum absolute atomic E-state index is 0.0493. The number of rotatable bonds is 6. The highest BCUT2D eigenvalue weighted by molar-refractivity contribution is 6.07. The Morgan fingerprint density at radius 1 is 0.840 bits per heavy atom. The second kappa shape index (κ2) is 7.93. The molecule has 3 heteroatoms. The molecule has 0 fully saturated rings. The van der Waals surface area contributed by atoms with E-state index in [1.54, 1.807) is 24.3 Å². The molecule has 130 valence electrons. The summed E-state index contributed by atoms with van der Waals surface area (Å²) < 4.78 is 0. The van der Waals surface area contributed by atoms with Crippen molar-refractivity contribution in [1.82, 2.24) is 0 Å². The fourth-order valence-corrected chi connectivity index (χ4v) is 2.49. The standard InChI is InChI=1S/C22H24O3/c1-14(2)18-11-19(15(3)4)13-20(12-18)21(23)10-7-16-5-8-17(9-6-16)22(24)25/h5-15H,1-4H3,(H,24,25)/b10-7+. The van der Waals surface area contributed by atoms with Crippen LogP contribution >= 0.6 is 0 Å². The van der Waals surface area contributed by atoms with E-state index in [-0.39, 0.29) is 11.3 Å². The van der Waals surface area contributed by atoms with E-state index in [0.717, 1.165) is 16.7 Å². The zero-order valence-electron chi connectivity index (χ0n) is 15.1. The van der Waals surface area contributed by atoms with Crippen molar-refractivity contribution in [2.24, 2.45) is 0 Å². The summed E-state index contributed by atoms with van der Waals surface area (Å²) in [5.41, 5.74) is 4.04. The van der Waals surface area contributed by atoms with Gasteiger partial charge in [0.15, 0.2) is 5.78 Å². The number of carbonyl (C=O) groups excluding carboxylic acids is 1. The molecular formula is C22H24O3. The molecule has 0 atom stereocenters. The van der Waals surface area contributed by atoms with Gasteiger partial charge >= 0.3 is 5.97 Å². The molecule has 0 aliphatic rings. The molecular weight excluding hydrogens is 312 g/mol. The molecule has 0 amide bonds. The number of allylic oxidation sites excluding steroid dienone is 1. The van der Waals surface area contributed by atoms with Gasteiger partial charge < -0.3 is 5.11 Å². The predicted octanol–water partition coefficient (Wildman–Crippen LogP) is 5.53. The van der Waals surface area contributed by atoms with E-state index in [0.29, 0.717) is 17.4 Å². The zero-order chi connectivity index (χ0) is 18.6. The first kappa shape index (κ1) is 18.7. The van der Waals surface area contributed by atoms with Crippen molar-refractivity contribution in [3.63, 3.8) is 0 Å². The number of carbonyl (C=O) groups is 2. The lowest BCUT2D eigenvalue weighted by molar-refractivity contribution is 0.0696. The normalized spacial score (nSPS) is 11.4. The van der Waals surface area contributed by atoms with Gasteiger partial charge in [-0.15, -0.1) is 0 Å². The van der Waals surface area contributed by atoms with Gasteiger partial charge in [-0.25, -0.2) is 4.79 Å². The van der Waals surface area contributed by atoms with Crippen LogP contribution in [0.5, 0.6) is 0 Å². The van der Waals surface area contributed by atoms with E-state index >= 15 is 0 Å². The molecule has 0 aromatic heterocycles. The van der Waals surface area contributed by atoms with Gasteiger partial charge in [-0.3, -0.25) is 4.79 Å². The van der Waals surface area contributed by atoms with E-state index < -0.39 is 5.97 Å². The van der Waals surface area contributed by atoms with Crippen LogP contribution in [0.1, 0.15) is 76.9 Å². The summed E-state index contributed by atoms with van der Waals surface area (Å²) in [6.45, 7) is 8.47. The zero-order valence-corrected chi connectivity index (χ0v) is 15.1. The third kappa shape index (κ3) is 4.90. The number of hydrogen-bond acceptors (Lipinski definition) is 2.